The molecule has 1 aliphatic rings. The SMILES string of the molecule is O=C(Cn1ncc2ccccc2c1=O)N1CCCC[C@@H]1c1ncc(Cc2cccc(Cl)c2)o1. The zero-order chi connectivity index (χ0) is 22.8. The summed E-state index contributed by atoms with van der Waals surface area (Å²) in [6, 6.07) is 14.6. The van der Waals surface area contributed by atoms with E-state index < -0.39 is 0 Å². The van der Waals surface area contributed by atoms with Gasteiger partial charge in [0, 0.05) is 23.4 Å². The molecule has 1 aliphatic heterocycles. The molecule has 2 aromatic heterocycles. The van der Waals surface area contributed by atoms with E-state index in [1.807, 2.05) is 36.4 Å². The molecular weight excluding hydrogens is 440 g/mol. The summed E-state index contributed by atoms with van der Waals surface area (Å²) in [6.07, 6.45) is 6.55. The molecule has 168 valence electrons. The lowest BCUT2D eigenvalue weighted by Crippen LogP contribution is -2.42. The van der Waals surface area contributed by atoms with E-state index in [0.29, 0.717) is 29.3 Å². The van der Waals surface area contributed by atoms with Crippen molar-refractivity contribution in [2.45, 2.75) is 38.3 Å². The molecule has 0 saturated carbocycles. The van der Waals surface area contributed by atoms with Crippen LogP contribution in [0.2, 0.25) is 5.02 Å². The number of benzene rings is 2. The van der Waals surface area contributed by atoms with E-state index in [1.54, 1.807) is 29.4 Å². The summed E-state index contributed by atoms with van der Waals surface area (Å²) in [7, 11) is 0. The smallest absolute Gasteiger partial charge is 0.275 e. The fourth-order valence-electron chi connectivity index (χ4n) is 4.35. The first-order valence-electron chi connectivity index (χ1n) is 11.0. The highest BCUT2D eigenvalue weighted by molar-refractivity contribution is 6.30. The summed E-state index contributed by atoms with van der Waals surface area (Å²) < 4.78 is 7.28. The summed E-state index contributed by atoms with van der Waals surface area (Å²) in [5.74, 6) is 1.08. The van der Waals surface area contributed by atoms with Crippen LogP contribution in [0.25, 0.3) is 10.8 Å². The van der Waals surface area contributed by atoms with E-state index in [0.717, 1.165) is 36.0 Å². The van der Waals surface area contributed by atoms with Gasteiger partial charge in [0.15, 0.2) is 0 Å². The first kappa shape index (κ1) is 21.4. The normalized spacial score (nSPS) is 16.3. The van der Waals surface area contributed by atoms with Crippen molar-refractivity contribution in [1.29, 1.82) is 0 Å². The fourth-order valence-corrected chi connectivity index (χ4v) is 4.57. The molecule has 0 spiro atoms. The number of piperidine rings is 1. The molecule has 33 heavy (non-hydrogen) atoms. The number of likely N-dealkylation sites (tertiary alicyclic amines) is 1. The van der Waals surface area contributed by atoms with E-state index in [2.05, 4.69) is 10.1 Å². The standard InChI is InChI=1S/C25H23ClN4O3/c26-19-8-5-6-17(12-19)13-20-15-27-24(33-20)22-10-3-4-11-29(22)23(31)16-30-25(32)21-9-2-1-7-18(21)14-28-30/h1-2,5-9,12,14-15,22H,3-4,10-11,13,16H2/t22-/m1/s1. The lowest BCUT2D eigenvalue weighted by atomic mass is 10.0. The maximum atomic E-state index is 13.2. The van der Waals surface area contributed by atoms with Gasteiger partial charge in [0.2, 0.25) is 11.8 Å². The molecule has 7 nitrogen and oxygen atoms in total. The number of amides is 1. The van der Waals surface area contributed by atoms with E-state index in [4.69, 9.17) is 16.0 Å². The molecular formula is C25H23ClN4O3. The molecule has 0 radical (unpaired) electrons. The minimum atomic E-state index is -0.269. The van der Waals surface area contributed by atoms with Gasteiger partial charge in [0.05, 0.1) is 17.8 Å². The minimum Gasteiger partial charge on any atom is -0.443 e. The third kappa shape index (κ3) is 4.54. The van der Waals surface area contributed by atoms with Crippen LogP contribution in [0.15, 0.2) is 70.1 Å². The van der Waals surface area contributed by atoms with E-state index in [-0.39, 0.29) is 24.1 Å². The third-order valence-corrected chi connectivity index (χ3v) is 6.23. The Bertz CT molecular complexity index is 1360. The van der Waals surface area contributed by atoms with Crippen LogP contribution in [0, 0.1) is 0 Å². The monoisotopic (exact) mass is 462 g/mol. The maximum absolute atomic E-state index is 13.2. The molecule has 0 bridgehead atoms. The van der Waals surface area contributed by atoms with Crippen LogP contribution in [-0.2, 0) is 17.8 Å². The van der Waals surface area contributed by atoms with Crippen LogP contribution >= 0.6 is 11.6 Å². The van der Waals surface area contributed by atoms with Crippen molar-refractivity contribution in [2.24, 2.45) is 0 Å². The number of carbonyl (C=O) groups is 1. The second kappa shape index (κ2) is 9.19. The van der Waals surface area contributed by atoms with Crippen molar-refractivity contribution < 1.29 is 9.21 Å². The number of carbonyl (C=O) groups excluding carboxylic acids is 1. The Hall–Kier alpha value is -3.45. The van der Waals surface area contributed by atoms with E-state index in [1.165, 1.54) is 4.68 Å². The zero-order valence-corrected chi connectivity index (χ0v) is 18.7. The van der Waals surface area contributed by atoms with E-state index >= 15 is 0 Å². The van der Waals surface area contributed by atoms with Gasteiger partial charge >= 0.3 is 0 Å². The topological polar surface area (TPSA) is 81.2 Å². The highest BCUT2D eigenvalue weighted by Gasteiger charge is 2.31. The molecule has 0 N–H and O–H groups in total. The summed E-state index contributed by atoms with van der Waals surface area (Å²) in [5.41, 5.74) is 0.762. The summed E-state index contributed by atoms with van der Waals surface area (Å²) >= 11 is 6.08. The first-order chi connectivity index (χ1) is 16.1. The molecule has 3 heterocycles. The average Bonchev–Trinajstić information content (AvgIpc) is 3.29. The van der Waals surface area contributed by atoms with Crippen molar-refractivity contribution >= 4 is 28.3 Å². The Morgan fingerprint density at radius 1 is 1.12 bits per heavy atom. The molecule has 0 aliphatic carbocycles. The molecule has 4 aromatic rings. The van der Waals surface area contributed by atoms with Gasteiger partial charge in [0.25, 0.3) is 5.56 Å². The average molecular weight is 463 g/mol. The van der Waals surface area contributed by atoms with Crippen molar-refractivity contribution in [1.82, 2.24) is 19.7 Å². The van der Waals surface area contributed by atoms with Crippen LogP contribution in [0.5, 0.6) is 0 Å². The largest absolute Gasteiger partial charge is 0.443 e. The Labute approximate surface area is 195 Å². The van der Waals surface area contributed by atoms with Crippen molar-refractivity contribution in [3.8, 4) is 0 Å². The lowest BCUT2D eigenvalue weighted by Gasteiger charge is -2.33. The van der Waals surface area contributed by atoms with Gasteiger partial charge in [-0.05, 0) is 43.0 Å². The van der Waals surface area contributed by atoms with Gasteiger partial charge in [0.1, 0.15) is 18.3 Å². The number of halogens is 1. The number of hydrogen-bond donors (Lipinski definition) is 0. The molecule has 0 unspecified atom stereocenters. The number of oxazole rings is 1. The highest BCUT2D eigenvalue weighted by Crippen LogP contribution is 2.31. The number of fused-ring (bicyclic) bond motifs is 1. The second-order valence-electron chi connectivity index (χ2n) is 8.26. The van der Waals surface area contributed by atoms with Gasteiger partial charge in [-0.3, -0.25) is 9.59 Å². The molecule has 8 heteroatoms. The van der Waals surface area contributed by atoms with Crippen LogP contribution in [0.3, 0.4) is 0 Å². The summed E-state index contributed by atoms with van der Waals surface area (Å²) in [6.45, 7) is 0.480. The summed E-state index contributed by atoms with van der Waals surface area (Å²) in [4.78, 5) is 32.3. The van der Waals surface area contributed by atoms with Gasteiger partial charge in [-0.25, -0.2) is 9.67 Å². The summed E-state index contributed by atoms with van der Waals surface area (Å²) in [5, 5.41) is 6.19. The number of aromatic nitrogens is 3. The van der Waals surface area contributed by atoms with Gasteiger partial charge in [-0.1, -0.05) is 41.9 Å². The highest BCUT2D eigenvalue weighted by atomic mass is 35.5. The van der Waals surface area contributed by atoms with E-state index in [9.17, 15) is 9.59 Å². The first-order valence-corrected chi connectivity index (χ1v) is 11.4. The number of hydrogen-bond acceptors (Lipinski definition) is 5. The van der Waals surface area contributed by atoms with Gasteiger partial charge in [-0.2, -0.15) is 5.10 Å². The fraction of sp³-hybridized carbons (Fsp3) is 0.280. The second-order valence-corrected chi connectivity index (χ2v) is 8.70. The molecule has 1 saturated heterocycles. The Morgan fingerprint density at radius 3 is 2.88 bits per heavy atom. The molecule has 1 amide bonds. The third-order valence-electron chi connectivity index (χ3n) is 5.99. The van der Waals surface area contributed by atoms with Crippen LogP contribution < -0.4 is 5.56 Å². The Kier molecular flexibility index (Phi) is 5.96. The predicted molar refractivity (Wildman–Crippen MR) is 125 cm³/mol. The lowest BCUT2D eigenvalue weighted by molar-refractivity contribution is -0.136. The number of rotatable bonds is 5. The molecule has 5 rings (SSSR count). The number of nitrogens with zero attached hydrogens (tertiary/aromatic N) is 4. The predicted octanol–water partition coefficient (Wildman–Crippen LogP) is 4.38. The quantitative estimate of drug-likeness (QED) is 0.439. The molecule has 1 fully saturated rings. The molecule has 1 atom stereocenters. The maximum Gasteiger partial charge on any atom is 0.275 e. The zero-order valence-electron chi connectivity index (χ0n) is 18.0. The minimum absolute atomic E-state index is 0.115. The van der Waals surface area contributed by atoms with Crippen molar-refractivity contribution in [3.05, 3.63) is 93.5 Å². The Morgan fingerprint density at radius 2 is 2.00 bits per heavy atom. The van der Waals surface area contributed by atoms with Crippen LogP contribution in [-0.4, -0.2) is 32.1 Å². The van der Waals surface area contributed by atoms with Crippen molar-refractivity contribution in [2.75, 3.05) is 6.54 Å². The Balaban J connectivity index is 1.35. The van der Waals surface area contributed by atoms with Crippen molar-refractivity contribution in [3.63, 3.8) is 0 Å². The van der Waals surface area contributed by atoms with Crippen LogP contribution in [0.4, 0.5) is 0 Å². The van der Waals surface area contributed by atoms with Crippen LogP contribution in [0.1, 0.15) is 42.5 Å². The molecule has 2 aromatic carbocycles. The van der Waals surface area contributed by atoms with Gasteiger partial charge < -0.3 is 9.32 Å². The van der Waals surface area contributed by atoms with Gasteiger partial charge in [-0.15, -0.1) is 0 Å².